The number of carbonyl (C=O) groups is 4. The Labute approximate surface area is 224 Å². The summed E-state index contributed by atoms with van der Waals surface area (Å²) in [7, 11) is 0. The van der Waals surface area contributed by atoms with Crippen molar-refractivity contribution >= 4 is 81.0 Å². The van der Waals surface area contributed by atoms with Crippen LogP contribution in [0, 0.1) is 0 Å². The van der Waals surface area contributed by atoms with E-state index < -0.39 is 47.0 Å². The number of hydrogen-bond donors (Lipinski definition) is 4. The minimum absolute atomic E-state index is 0.0321. The quantitative estimate of drug-likeness (QED) is 0.119. The predicted octanol–water partition coefficient (Wildman–Crippen LogP) is 0.0866. The molecule has 2 unspecified atom stereocenters. The number of thioether (sulfide) groups is 2. The molecule has 2 aliphatic heterocycles. The van der Waals surface area contributed by atoms with Crippen molar-refractivity contribution in [1.29, 1.82) is 0 Å². The van der Waals surface area contributed by atoms with E-state index in [0.29, 0.717) is 21.4 Å². The lowest BCUT2D eigenvalue weighted by molar-refractivity contribution is -0.151. The Morgan fingerprint density at radius 1 is 1.41 bits per heavy atom. The Morgan fingerprint density at radius 3 is 2.78 bits per heavy atom. The van der Waals surface area contributed by atoms with Gasteiger partial charge in [0.2, 0.25) is 17.6 Å². The van der Waals surface area contributed by atoms with E-state index in [9.17, 15) is 29.4 Å². The first-order valence-corrected chi connectivity index (χ1v) is 14.1. The molecule has 196 valence electrons. The number of nitrogens with two attached hydrogens (primary N) is 1. The minimum Gasteiger partial charge on any atom is -0.478 e. The molecule has 0 aromatic carbocycles. The third-order valence-electron chi connectivity index (χ3n) is 5.03. The molecule has 2 aromatic rings. The highest BCUT2D eigenvalue weighted by Crippen LogP contribution is 2.41. The van der Waals surface area contributed by atoms with Gasteiger partial charge in [-0.3, -0.25) is 14.5 Å². The van der Waals surface area contributed by atoms with Crippen LogP contribution in [0.2, 0.25) is 0 Å². The van der Waals surface area contributed by atoms with Crippen molar-refractivity contribution < 1.29 is 34.2 Å². The van der Waals surface area contributed by atoms with Gasteiger partial charge in [0, 0.05) is 23.0 Å². The highest BCUT2D eigenvalue weighted by Gasteiger charge is 2.54. The van der Waals surface area contributed by atoms with Crippen LogP contribution in [-0.2, 0) is 24.0 Å². The summed E-state index contributed by atoms with van der Waals surface area (Å²) in [6.45, 7) is 1.56. The topological polar surface area (TPSA) is 223 Å². The Hall–Kier alpha value is -3.29. The molecule has 0 saturated carbocycles. The molecule has 4 heterocycles. The lowest BCUT2D eigenvalue weighted by Gasteiger charge is -2.49. The van der Waals surface area contributed by atoms with Crippen molar-refractivity contribution in [2.24, 2.45) is 5.16 Å². The summed E-state index contributed by atoms with van der Waals surface area (Å²) in [5.41, 5.74) is 7.11. The van der Waals surface area contributed by atoms with Crippen LogP contribution >= 0.6 is 46.4 Å². The molecule has 0 aliphatic carbocycles. The maximum Gasteiger partial charge on any atom is 0.352 e. The standard InChI is InChI=1S/C18H18N8O7S4/c1-2-7(15(29)30)33-24-8(11-22-17(19)37-25-11)12(27)21-9-13(28)26-10(16(31)32)6(3-34-14(9)26)4-35-18-23-20-5-36-18/h5,7,9,14H,2-4H2,1H3,(H,21,27)(H,29,30)(H,31,32)(H2,19,22,25)/b24-8-/t7?,9?,14-/m1/s1. The summed E-state index contributed by atoms with van der Waals surface area (Å²) in [4.78, 5) is 59.3. The van der Waals surface area contributed by atoms with Crippen LogP contribution < -0.4 is 11.1 Å². The number of fused-ring (bicyclic) bond motifs is 1. The smallest absolute Gasteiger partial charge is 0.352 e. The summed E-state index contributed by atoms with van der Waals surface area (Å²) in [5.74, 6) is -3.65. The fourth-order valence-corrected chi connectivity index (χ4v) is 6.71. The molecule has 19 heteroatoms. The van der Waals surface area contributed by atoms with Crippen molar-refractivity contribution in [2.45, 2.75) is 35.2 Å². The number of carboxylic acid groups (broad SMARTS) is 2. The number of oxime groups is 1. The molecule has 37 heavy (non-hydrogen) atoms. The van der Waals surface area contributed by atoms with Gasteiger partial charge >= 0.3 is 11.9 Å². The van der Waals surface area contributed by atoms with Gasteiger partial charge in [-0.1, -0.05) is 35.2 Å². The van der Waals surface area contributed by atoms with Gasteiger partial charge in [-0.25, -0.2) is 9.59 Å². The van der Waals surface area contributed by atoms with Crippen LogP contribution in [0.15, 0.2) is 26.3 Å². The number of carbonyl (C=O) groups excluding carboxylic acids is 2. The highest BCUT2D eigenvalue weighted by molar-refractivity contribution is 8.01. The van der Waals surface area contributed by atoms with E-state index in [1.54, 1.807) is 12.4 Å². The Bertz CT molecular complexity index is 1280. The monoisotopic (exact) mass is 586 g/mol. The number of aliphatic carboxylic acids is 2. The third-order valence-corrected chi connectivity index (χ3v) is 8.86. The number of nitrogen functional groups attached to an aromatic ring is 1. The number of nitrogens with one attached hydrogen (secondary N) is 1. The number of amides is 2. The maximum atomic E-state index is 13.1. The Balaban J connectivity index is 1.51. The zero-order valence-electron chi connectivity index (χ0n) is 18.8. The van der Waals surface area contributed by atoms with E-state index in [4.69, 9.17) is 10.6 Å². The number of rotatable bonds is 11. The van der Waals surface area contributed by atoms with Gasteiger partial charge in [0.05, 0.1) is 0 Å². The first kappa shape index (κ1) is 26.8. The second-order valence-electron chi connectivity index (χ2n) is 7.35. The molecule has 2 amide bonds. The zero-order valence-corrected chi connectivity index (χ0v) is 22.0. The average Bonchev–Trinajstić information content (AvgIpc) is 3.54. The molecule has 0 spiro atoms. The molecule has 1 saturated heterocycles. The summed E-state index contributed by atoms with van der Waals surface area (Å²) >= 11 is 4.72. The van der Waals surface area contributed by atoms with E-state index in [1.165, 1.54) is 34.9 Å². The largest absolute Gasteiger partial charge is 0.478 e. The van der Waals surface area contributed by atoms with Crippen LogP contribution in [0.3, 0.4) is 0 Å². The molecule has 3 atom stereocenters. The highest BCUT2D eigenvalue weighted by atomic mass is 32.2. The van der Waals surface area contributed by atoms with Crippen LogP contribution in [0.4, 0.5) is 5.13 Å². The molecule has 0 radical (unpaired) electrons. The molecule has 1 fully saturated rings. The molecule has 0 bridgehead atoms. The van der Waals surface area contributed by atoms with E-state index in [2.05, 4.69) is 30.0 Å². The number of aromatic nitrogens is 4. The predicted molar refractivity (Wildman–Crippen MR) is 134 cm³/mol. The minimum atomic E-state index is -1.33. The van der Waals surface area contributed by atoms with Crippen molar-refractivity contribution in [3.63, 3.8) is 0 Å². The van der Waals surface area contributed by atoms with E-state index in [-0.39, 0.29) is 23.1 Å². The van der Waals surface area contributed by atoms with Crippen molar-refractivity contribution in [2.75, 3.05) is 17.2 Å². The molecule has 15 nitrogen and oxygen atoms in total. The summed E-state index contributed by atoms with van der Waals surface area (Å²) in [6.07, 6.45) is -1.26. The lowest BCUT2D eigenvalue weighted by atomic mass is 10.0. The van der Waals surface area contributed by atoms with Gasteiger partial charge in [0.1, 0.15) is 22.6 Å². The Morgan fingerprint density at radius 2 is 2.19 bits per heavy atom. The van der Waals surface area contributed by atoms with Gasteiger partial charge in [-0.05, 0) is 12.0 Å². The second kappa shape index (κ2) is 11.4. The number of hydrogen-bond acceptors (Lipinski definition) is 15. The van der Waals surface area contributed by atoms with Crippen LogP contribution in [0.1, 0.15) is 19.2 Å². The summed E-state index contributed by atoms with van der Waals surface area (Å²) in [6, 6.07) is -1.06. The normalized spacial score (nSPS) is 20.2. The lowest BCUT2D eigenvalue weighted by Crippen LogP contribution is -2.71. The maximum absolute atomic E-state index is 13.1. The van der Waals surface area contributed by atoms with E-state index >= 15 is 0 Å². The van der Waals surface area contributed by atoms with Crippen molar-refractivity contribution in [3.05, 3.63) is 22.6 Å². The zero-order chi connectivity index (χ0) is 26.7. The van der Waals surface area contributed by atoms with Crippen LogP contribution in [-0.4, -0.2) is 93.2 Å². The SMILES string of the molecule is CCC(O/N=C(\C(=O)NC1C(=O)N2C(C(=O)O)=C(CSc3nncs3)CS[C@H]12)c1nsc(N)n1)C(=O)O. The Kier molecular flexibility index (Phi) is 8.25. The van der Waals surface area contributed by atoms with E-state index in [1.807, 2.05) is 0 Å². The van der Waals surface area contributed by atoms with Gasteiger partial charge in [-0.2, -0.15) is 9.36 Å². The van der Waals surface area contributed by atoms with E-state index in [0.717, 1.165) is 16.4 Å². The van der Waals surface area contributed by atoms with Gasteiger partial charge in [0.15, 0.2) is 9.47 Å². The number of β-lactam (4-membered cyclic amide) rings is 1. The third kappa shape index (κ3) is 5.68. The number of carboxylic acids is 2. The summed E-state index contributed by atoms with van der Waals surface area (Å²) in [5, 5.41) is 32.2. The molecular weight excluding hydrogens is 569 g/mol. The van der Waals surface area contributed by atoms with Crippen LogP contribution in [0.5, 0.6) is 0 Å². The average molecular weight is 587 g/mol. The van der Waals surface area contributed by atoms with Crippen LogP contribution in [0.25, 0.3) is 0 Å². The number of nitrogens with zero attached hydrogens (tertiary/aromatic N) is 6. The molecule has 4 rings (SSSR count). The van der Waals surface area contributed by atoms with Crippen molar-refractivity contribution in [3.8, 4) is 0 Å². The molecular formula is C18H18N8O7S4. The van der Waals surface area contributed by atoms with Gasteiger partial charge in [-0.15, -0.1) is 22.0 Å². The fraction of sp³-hybridized carbons (Fsp3) is 0.389. The molecule has 2 aromatic heterocycles. The summed E-state index contributed by atoms with van der Waals surface area (Å²) < 4.78 is 4.58. The first-order valence-electron chi connectivity index (χ1n) is 10.4. The molecule has 2 aliphatic rings. The van der Waals surface area contributed by atoms with Gasteiger partial charge in [0.25, 0.3) is 11.8 Å². The fourth-order valence-electron chi connectivity index (χ4n) is 3.30. The number of anilines is 1. The van der Waals surface area contributed by atoms with Crippen molar-refractivity contribution in [1.82, 2.24) is 29.8 Å². The first-order chi connectivity index (χ1) is 17.7. The molecule has 5 N–H and O–H groups in total. The van der Waals surface area contributed by atoms with Gasteiger partial charge < -0.3 is 26.1 Å². The second-order valence-corrected chi connectivity index (χ2v) is 11.3.